The van der Waals surface area contributed by atoms with Crippen molar-refractivity contribution in [1.29, 1.82) is 0 Å². The summed E-state index contributed by atoms with van der Waals surface area (Å²) in [5.41, 5.74) is 0. The molecule has 0 aliphatic carbocycles. The Hall–Kier alpha value is -1.33. The lowest BCUT2D eigenvalue weighted by Crippen LogP contribution is -2.10. The molecule has 4 nitrogen and oxygen atoms in total. The summed E-state index contributed by atoms with van der Waals surface area (Å²) in [6.45, 7) is 3.38. The van der Waals surface area contributed by atoms with Crippen LogP contribution in [0.25, 0.3) is 0 Å². The molecule has 76 valence electrons. The summed E-state index contributed by atoms with van der Waals surface area (Å²) in [5.74, 6) is 4.97. The predicted octanol–water partition coefficient (Wildman–Crippen LogP) is 0.899. The number of sulfone groups is 1. The predicted molar refractivity (Wildman–Crippen MR) is 53.5 cm³/mol. The van der Waals surface area contributed by atoms with E-state index in [2.05, 4.69) is 11.4 Å². The maximum absolute atomic E-state index is 11.6. The van der Waals surface area contributed by atoms with Crippen LogP contribution < -0.4 is 10.7 Å². The molecule has 0 heterocycles. The molecule has 0 fully saturated rings. The minimum atomic E-state index is -3.38. The largest absolute Gasteiger partial charge is 0.410 e. The van der Waals surface area contributed by atoms with Crippen molar-refractivity contribution in [3.8, 4) is 5.75 Å². The fourth-order valence-electron chi connectivity index (χ4n) is 1.05. The summed E-state index contributed by atoms with van der Waals surface area (Å²) in [6.07, 6.45) is 1.32. The van der Waals surface area contributed by atoms with Crippen LogP contribution >= 0.6 is 0 Å². The first-order chi connectivity index (χ1) is 6.61. The highest BCUT2D eigenvalue weighted by molar-refractivity contribution is 7.91. The molecule has 0 saturated carbocycles. The van der Waals surface area contributed by atoms with Gasteiger partial charge in [-0.15, -0.1) is 6.58 Å². The van der Waals surface area contributed by atoms with Gasteiger partial charge in [-0.3, -0.25) is 0 Å². The molecular formula is C9H11NO3S. The topological polar surface area (TPSA) is 69.4 Å². The molecule has 5 heteroatoms. The van der Waals surface area contributed by atoms with Crippen molar-refractivity contribution < 1.29 is 13.3 Å². The van der Waals surface area contributed by atoms with Gasteiger partial charge in [0.15, 0.2) is 15.6 Å². The summed E-state index contributed by atoms with van der Waals surface area (Å²) < 4.78 is 23.2. The fraction of sp³-hybridized carbons (Fsp3) is 0.111. The van der Waals surface area contributed by atoms with Crippen LogP contribution in [0, 0.1) is 0 Å². The first-order valence-electron chi connectivity index (χ1n) is 3.91. The van der Waals surface area contributed by atoms with E-state index in [0.717, 1.165) is 0 Å². The highest BCUT2D eigenvalue weighted by Gasteiger charge is 2.17. The molecule has 0 bridgehead atoms. The molecule has 14 heavy (non-hydrogen) atoms. The number of rotatable bonds is 4. The molecule has 0 aliphatic rings. The second kappa shape index (κ2) is 4.26. The zero-order chi connectivity index (χ0) is 10.6. The Morgan fingerprint density at radius 3 is 2.64 bits per heavy atom. The van der Waals surface area contributed by atoms with Crippen LogP contribution in [-0.4, -0.2) is 14.2 Å². The van der Waals surface area contributed by atoms with Gasteiger partial charge in [-0.1, -0.05) is 18.2 Å². The maximum Gasteiger partial charge on any atom is 0.185 e. The second-order valence-corrected chi connectivity index (χ2v) is 4.64. The molecule has 2 N–H and O–H groups in total. The van der Waals surface area contributed by atoms with E-state index >= 15 is 0 Å². The number of hydrogen-bond donors (Lipinski definition) is 1. The second-order valence-electron chi connectivity index (χ2n) is 2.63. The minimum Gasteiger partial charge on any atom is -0.410 e. The lowest BCUT2D eigenvalue weighted by molar-refractivity contribution is 0.325. The summed E-state index contributed by atoms with van der Waals surface area (Å²) >= 11 is 0. The molecule has 0 radical (unpaired) electrons. The van der Waals surface area contributed by atoms with Crippen LogP contribution in [0.2, 0.25) is 0 Å². The quantitative estimate of drug-likeness (QED) is 0.596. The minimum absolute atomic E-state index is 0.0856. The van der Waals surface area contributed by atoms with Gasteiger partial charge in [0.25, 0.3) is 0 Å². The number of hydrogen-bond acceptors (Lipinski definition) is 4. The van der Waals surface area contributed by atoms with Crippen LogP contribution in [-0.2, 0) is 9.84 Å². The number of nitrogens with two attached hydrogens (primary N) is 1. The van der Waals surface area contributed by atoms with Gasteiger partial charge in [0.05, 0.1) is 5.75 Å². The van der Waals surface area contributed by atoms with Crippen LogP contribution in [0.1, 0.15) is 0 Å². The van der Waals surface area contributed by atoms with Gasteiger partial charge in [0, 0.05) is 0 Å². The number of benzene rings is 1. The first-order valence-corrected chi connectivity index (χ1v) is 5.56. The first kappa shape index (κ1) is 10.7. The highest BCUT2D eigenvalue weighted by Crippen LogP contribution is 2.23. The van der Waals surface area contributed by atoms with Gasteiger partial charge >= 0.3 is 0 Å². The van der Waals surface area contributed by atoms with Gasteiger partial charge in [-0.2, -0.15) is 5.90 Å². The van der Waals surface area contributed by atoms with E-state index in [9.17, 15) is 8.42 Å². The van der Waals surface area contributed by atoms with Gasteiger partial charge in [0.2, 0.25) is 0 Å². The molecule has 1 aromatic carbocycles. The van der Waals surface area contributed by atoms with Crippen LogP contribution in [0.4, 0.5) is 0 Å². The van der Waals surface area contributed by atoms with Crippen molar-refractivity contribution in [3.05, 3.63) is 36.9 Å². The lowest BCUT2D eigenvalue weighted by atomic mass is 10.3. The third-order valence-electron chi connectivity index (χ3n) is 1.65. The SMILES string of the molecule is C=CCS(=O)(=O)c1ccccc1ON. The smallest absolute Gasteiger partial charge is 0.185 e. The zero-order valence-corrected chi connectivity index (χ0v) is 8.33. The molecular weight excluding hydrogens is 202 g/mol. The highest BCUT2D eigenvalue weighted by atomic mass is 32.2. The van der Waals surface area contributed by atoms with Crippen molar-refractivity contribution in [2.45, 2.75) is 4.90 Å². The normalized spacial score (nSPS) is 10.9. The monoisotopic (exact) mass is 213 g/mol. The van der Waals surface area contributed by atoms with Crippen LogP contribution in [0.15, 0.2) is 41.8 Å². The Kier molecular flexibility index (Phi) is 3.27. The van der Waals surface area contributed by atoms with Crippen molar-refractivity contribution >= 4 is 9.84 Å². The van der Waals surface area contributed by atoms with Crippen LogP contribution in [0.3, 0.4) is 0 Å². The molecule has 0 saturated heterocycles. The Balaban J connectivity index is 3.24. The summed E-state index contributed by atoms with van der Waals surface area (Å²) in [6, 6.07) is 6.20. The van der Waals surface area contributed by atoms with Crippen molar-refractivity contribution in [2.75, 3.05) is 5.75 Å². The molecule has 0 aliphatic heterocycles. The summed E-state index contributed by atoms with van der Waals surface area (Å²) in [4.78, 5) is 4.55. The van der Waals surface area contributed by atoms with E-state index in [1.165, 1.54) is 18.2 Å². The van der Waals surface area contributed by atoms with Crippen molar-refractivity contribution in [1.82, 2.24) is 0 Å². The Morgan fingerprint density at radius 1 is 1.43 bits per heavy atom. The van der Waals surface area contributed by atoms with E-state index in [0.29, 0.717) is 0 Å². The van der Waals surface area contributed by atoms with E-state index < -0.39 is 9.84 Å². The average Bonchev–Trinajstić information content (AvgIpc) is 2.18. The number of para-hydroxylation sites is 1. The molecule has 1 rings (SSSR count). The Labute approximate surface area is 82.9 Å². The van der Waals surface area contributed by atoms with E-state index in [4.69, 9.17) is 5.90 Å². The van der Waals surface area contributed by atoms with E-state index in [-0.39, 0.29) is 16.4 Å². The van der Waals surface area contributed by atoms with Gasteiger partial charge in [0.1, 0.15) is 4.90 Å². The van der Waals surface area contributed by atoms with E-state index in [1.54, 1.807) is 12.1 Å². The van der Waals surface area contributed by atoms with Gasteiger partial charge < -0.3 is 4.84 Å². The Bertz CT molecular complexity index is 425. The van der Waals surface area contributed by atoms with Crippen LogP contribution in [0.5, 0.6) is 5.75 Å². The molecule has 0 aromatic heterocycles. The van der Waals surface area contributed by atoms with Crippen molar-refractivity contribution in [2.24, 2.45) is 5.90 Å². The summed E-state index contributed by atoms with van der Waals surface area (Å²) in [7, 11) is -3.38. The van der Waals surface area contributed by atoms with Gasteiger partial charge in [-0.05, 0) is 12.1 Å². The zero-order valence-electron chi connectivity index (χ0n) is 7.51. The Morgan fingerprint density at radius 2 is 2.07 bits per heavy atom. The maximum atomic E-state index is 11.6. The lowest BCUT2D eigenvalue weighted by Gasteiger charge is -2.06. The fourth-order valence-corrected chi connectivity index (χ4v) is 2.25. The molecule has 0 amide bonds. The molecule has 0 atom stereocenters. The standard InChI is InChI=1S/C9H11NO3S/c1-2-7-14(11,12)9-6-4-3-5-8(9)13-10/h2-6H,1,7,10H2. The molecule has 1 aromatic rings. The molecule has 0 spiro atoms. The third kappa shape index (κ3) is 2.12. The van der Waals surface area contributed by atoms with E-state index in [1.807, 2.05) is 0 Å². The van der Waals surface area contributed by atoms with Gasteiger partial charge in [-0.25, -0.2) is 8.42 Å². The van der Waals surface area contributed by atoms with Crippen molar-refractivity contribution in [3.63, 3.8) is 0 Å². The molecule has 0 unspecified atom stereocenters. The average molecular weight is 213 g/mol. The summed E-state index contributed by atoms with van der Waals surface area (Å²) in [5, 5.41) is 0. The third-order valence-corrected chi connectivity index (χ3v) is 3.33.